The van der Waals surface area contributed by atoms with Crippen LogP contribution in [0.5, 0.6) is 5.75 Å². The summed E-state index contributed by atoms with van der Waals surface area (Å²) in [5.74, 6) is 1.95. The van der Waals surface area contributed by atoms with E-state index in [9.17, 15) is 9.90 Å². The van der Waals surface area contributed by atoms with Crippen molar-refractivity contribution in [2.45, 2.75) is 29.4 Å². The monoisotopic (exact) mass is 367 g/mol. The van der Waals surface area contributed by atoms with Crippen LogP contribution in [-0.2, 0) is 0 Å². The molecule has 1 saturated heterocycles. The number of phenolic OH excluding ortho intramolecular Hbond substituents is 1. The molecule has 0 amide bonds. The summed E-state index contributed by atoms with van der Waals surface area (Å²) in [5, 5.41) is 10.1. The van der Waals surface area contributed by atoms with Gasteiger partial charge in [0.2, 0.25) is 0 Å². The average molecular weight is 368 g/mol. The number of nitrogens with zero attached hydrogens (tertiary/aromatic N) is 1. The van der Waals surface area contributed by atoms with Crippen molar-refractivity contribution in [3.63, 3.8) is 0 Å². The lowest BCUT2D eigenvalue weighted by Crippen LogP contribution is -2.25. The molecular weight excluding hydrogens is 342 g/mol. The number of Topliss-reactive ketones (excluding diaryl/α,β-unsaturated/α-hetero) is 1. The Morgan fingerprint density at radius 1 is 1.00 bits per heavy atom. The van der Waals surface area contributed by atoms with Crippen molar-refractivity contribution in [1.29, 1.82) is 0 Å². The normalized spacial score (nSPS) is 25.3. The van der Waals surface area contributed by atoms with Crippen LogP contribution in [0, 0.1) is 11.8 Å². The van der Waals surface area contributed by atoms with Gasteiger partial charge in [-0.05, 0) is 61.1 Å². The number of carbonyl (C=O) groups is 1. The SMILES string of the molecule is O=C(CCN1C[C@H]2C[C@H](Sc3ccccc3)C[C@H]2C1)c1ccc(O)cc1. The Morgan fingerprint density at radius 2 is 1.65 bits per heavy atom. The molecule has 2 aliphatic rings. The van der Waals surface area contributed by atoms with Crippen LogP contribution in [0.2, 0.25) is 0 Å². The van der Waals surface area contributed by atoms with Gasteiger partial charge in [-0.15, -0.1) is 11.8 Å². The predicted octanol–water partition coefficient (Wildman–Crippen LogP) is 4.47. The molecule has 1 heterocycles. The van der Waals surface area contributed by atoms with Crippen LogP contribution in [0.25, 0.3) is 0 Å². The highest BCUT2D eigenvalue weighted by Gasteiger charge is 2.40. The van der Waals surface area contributed by atoms with Crippen molar-refractivity contribution >= 4 is 17.5 Å². The summed E-state index contributed by atoms with van der Waals surface area (Å²) in [7, 11) is 0. The summed E-state index contributed by atoms with van der Waals surface area (Å²) < 4.78 is 0. The smallest absolute Gasteiger partial charge is 0.164 e. The lowest BCUT2D eigenvalue weighted by molar-refractivity contribution is 0.0967. The maximum absolute atomic E-state index is 12.3. The number of hydrogen-bond acceptors (Lipinski definition) is 4. The van der Waals surface area contributed by atoms with Crippen molar-refractivity contribution in [3.05, 3.63) is 60.2 Å². The zero-order chi connectivity index (χ0) is 17.9. The number of hydrogen-bond donors (Lipinski definition) is 1. The fraction of sp³-hybridized carbons (Fsp3) is 0.409. The van der Waals surface area contributed by atoms with Crippen LogP contribution in [0.15, 0.2) is 59.5 Å². The molecule has 1 N–H and O–H groups in total. The molecule has 2 aromatic rings. The Morgan fingerprint density at radius 3 is 2.31 bits per heavy atom. The van der Waals surface area contributed by atoms with Crippen molar-refractivity contribution in [2.24, 2.45) is 11.8 Å². The Balaban J connectivity index is 1.23. The Labute approximate surface area is 159 Å². The van der Waals surface area contributed by atoms with Crippen molar-refractivity contribution in [3.8, 4) is 5.75 Å². The average Bonchev–Trinajstić information content (AvgIpc) is 3.19. The number of ketones is 1. The minimum atomic E-state index is 0.166. The van der Waals surface area contributed by atoms with E-state index in [0.29, 0.717) is 12.0 Å². The number of carbonyl (C=O) groups excluding carboxylic acids is 1. The van der Waals surface area contributed by atoms with E-state index in [1.54, 1.807) is 24.3 Å². The van der Waals surface area contributed by atoms with Gasteiger partial charge in [0.15, 0.2) is 5.78 Å². The quantitative estimate of drug-likeness (QED) is 0.765. The standard InChI is InChI=1S/C22H25NO2S/c24-19-8-6-16(7-9-19)22(25)10-11-23-14-17-12-21(13-18(17)15-23)26-20-4-2-1-3-5-20/h1-9,17-18,21,24H,10-15H2/t17-,18+,21+. The number of rotatable bonds is 6. The first-order valence-electron chi connectivity index (χ1n) is 9.43. The number of fused-ring (bicyclic) bond motifs is 1. The maximum Gasteiger partial charge on any atom is 0.164 e. The lowest BCUT2D eigenvalue weighted by Gasteiger charge is -2.18. The first kappa shape index (κ1) is 17.6. The number of thioether (sulfide) groups is 1. The highest BCUT2D eigenvalue weighted by molar-refractivity contribution is 8.00. The molecule has 26 heavy (non-hydrogen) atoms. The second-order valence-electron chi connectivity index (χ2n) is 7.52. The summed E-state index contributed by atoms with van der Waals surface area (Å²) in [6.45, 7) is 3.13. The van der Waals surface area contributed by atoms with Gasteiger partial charge in [-0.2, -0.15) is 0 Å². The second-order valence-corrected chi connectivity index (χ2v) is 8.90. The van der Waals surface area contributed by atoms with Gasteiger partial charge in [0.1, 0.15) is 5.75 Å². The van der Waals surface area contributed by atoms with Crippen molar-refractivity contribution < 1.29 is 9.90 Å². The first-order valence-corrected chi connectivity index (χ1v) is 10.3. The number of benzene rings is 2. The molecule has 0 aromatic heterocycles. The minimum absolute atomic E-state index is 0.166. The molecule has 0 bridgehead atoms. The third kappa shape index (κ3) is 4.13. The second kappa shape index (κ2) is 7.85. The Hall–Kier alpha value is -1.78. The number of aromatic hydroxyl groups is 1. The maximum atomic E-state index is 12.3. The molecule has 0 spiro atoms. The zero-order valence-electron chi connectivity index (χ0n) is 14.9. The molecule has 2 aromatic carbocycles. The van der Waals surface area contributed by atoms with E-state index in [4.69, 9.17) is 0 Å². The zero-order valence-corrected chi connectivity index (χ0v) is 15.7. The molecule has 1 aliphatic heterocycles. The van der Waals surface area contributed by atoms with Gasteiger partial charge in [-0.1, -0.05) is 18.2 Å². The van der Waals surface area contributed by atoms with Crippen LogP contribution >= 0.6 is 11.8 Å². The van der Waals surface area contributed by atoms with Gasteiger partial charge in [0, 0.05) is 41.8 Å². The van der Waals surface area contributed by atoms with E-state index in [1.165, 1.54) is 17.7 Å². The predicted molar refractivity (Wildman–Crippen MR) is 106 cm³/mol. The minimum Gasteiger partial charge on any atom is -0.508 e. The Kier molecular flexibility index (Phi) is 5.32. The van der Waals surface area contributed by atoms with Gasteiger partial charge in [-0.25, -0.2) is 0 Å². The molecule has 1 aliphatic carbocycles. The molecule has 1 saturated carbocycles. The molecule has 4 heteroatoms. The van der Waals surface area contributed by atoms with Gasteiger partial charge < -0.3 is 10.0 Å². The third-order valence-electron chi connectivity index (χ3n) is 5.67. The van der Waals surface area contributed by atoms with Crippen molar-refractivity contribution in [1.82, 2.24) is 4.90 Å². The van der Waals surface area contributed by atoms with Crippen LogP contribution in [0.4, 0.5) is 0 Å². The van der Waals surface area contributed by atoms with Crippen LogP contribution in [-0.4, -0.2) is 40.7 Å². The summed E-state index contributed by atoms with van der Waals surface area (Å²) >= 11 is 2.03. The van der Waals surface area contributed by atoms with Crippen LogP contribution in [0.3, 0.4) is 0 Å². The molecule has 0 unspecified atom stereocenters. The third-order valence-corrected chi connectivity index (χ3v) is 6.94. The molecule has 136 valence electrons. The van der Waals surface area contributed by atoms with Gasteiger partial charge in [0.05, 0.1) is 0 Å². The fourth-order valence-electron chi connectivity index (χ4n) is 4.36. The van der Waals surface area contributed by atoms with E-state index in [-0.39, 0.29) is 11.5 Å². The van der Waals surface area contributed by atoms with E-state index in [2.05, 4.69) is 35.2 Å². The summed E-state index contributed by atoms with van der Waals surface area (Å²) in [5.41, 5.74) is 0.696. The van der Waals surface area contributed by atoms with Crippen molar-refractivity contribution in [2.75, 3.05) is 19.6 Å². The fourth-order valence-corrected chi connectivity index (χ4v) is 5.75. The van der Waals surface area contributed by atoms with E-state index >= 15 is 0 Å². The van der Waals surface area contributed by atoms with Gasteiger partial charge in [0.25, 0.3) is 0 Å². The van der Waals surface area contributed by atoms with Gasteiger partial charge >= 0.3 is 0 Å². The largest absolute Gasteiger partial charge is 0.508 e. The number of likely N-dealkylation sites (tertiary alicyclic amines) is 1. The highest BCUT2D eigenvalue weighted by atomic mass is 32.2. The molecule has 2 fully saturated rings. The molecule has 0 radical (unpaired) electrons. The Bertz CT molecular complexity index is 732. The summed E-state index contributed by atoms with van der Waals surface area (Å²) in [6.07, 6.45) is 3.16. The van der Waals surface area contributed by atoms with E-state index < -0.39 is 0 Å². The lowest BCUT2D eigenvalue weighted by atomic mass is 10.0. The van der Waals surface area contributed by atoms with Gasteiger partial charge in [-0.3, -0.25) is 4.79 Å². The molecular formula is C22H25NO2S. The van der Waals surface area contributed by atoms with E-state index in [1.807, 2.05) is 11.8 Å². The topological polar surface area (TPSA) is 40.5 Å². The molecule has 3 atom stereocenters. The first-order chi connectivity index (χ1) is 12.7. The van der Waals surface area contributed by atoms with Crippen LogP contribution in [0.1, 0.15) is 29.6 Å². The van der Waals surface area contributed by atoms with E-state index in [0.717, 1.165) is 36.7 Å². The number of phenols is 1. The molecule has 4 rings (SSSR count). The van der Waals surface area contributed by atoms with Crippen LogP contribution < -0.4 is 0 Å². The highest BCUT2D eigenvalue weighted by Crippen LogP contribution is 2.44. The molecule has 3 nitrogen and oxygen atoms in total. The summed E-state index contributed by atoms with van der Waals surface area (Å²) in [6, 6.07) is 17.3. The summed E-state index contributed by atoms with van der Waals surface area (Å²) in [4.78, 5) is 16.2.